The van der Waals surface area contributed by atoms with E-state index in [2.05, 4.69) is 269 Å². The Morgan fingerprint density at radius 3 is 1.00 bits per heavy atom. The van der Waals surface area contributed by atoms with E-state index in [1.807, 2.05) is 225 Å². The molecule has 580 valence electrons. The first-order valence-corrected chi connectivity index (χ1v) is 39.6. The lowest BCUT2D eigenvalue weighted by atomic mass is 10.1. The van der Waals surface area contributed by atoms with Gasteiger partial charge in [0, 0.05) is 95.0 Å². The molecule has 0 spiro atoms. The van der Waals surface area contributed by atoms with Crippen molar-refractivity contribution >= 4 is 54.1 Å². The standard InChI is InChI=1S/5C15H14N3.10C2H6/c1-11-14(8-16-10-17-11)15-7-12-5-3-4-6-13(12)9-18(15)2;1-11-8-16-10-17-15(11)14-7-12-5-3-4-6-13(12)9-18(14)2;1-11-13(9-16-10-17-11)15-8-7-12-5-3-4-6-14(12)18(15)2;1-11-9-16-10-17-14(11)15-13-6-4-3-5-12(13)7-8-18(15)2;1-11-9-16-10-17-15(11)14-8-7-12-5-3-4-6-13(12)18(14)2;10*1-2/h5*3-10H,1-2H3;10*1-2H3/q5*+1;;;;;;;;;;. The average molecular weight is 1480 g/mol. The van der Waals surface area contributed by atoms with E-state index in [-0.39, 0.29) is 0 Å². The fraction of sp³-hybridized carbons (Fsp3) is 0.316. The third-order valence-electron chi connectivity index (χ3n) is 16.0. The Kier molecular flexibility index (Phi) is 48.3. The number of nitrogens with zero attached hydrogens (tertiary/aromatic N) is 15. The fourth-order valence-corrected chi connectivity index (χ4v) is 11.1. The van der Waals surface area contributed by atoms with Crippen LogP contribution in [0.25, 0.3) is 111 Å². The van der Waals surface area contributed by atoms with Crippen molar-refractivity contribution in [3.63, 3.8) is 0 Å². The number of pyridine rings is 5. The minimum atomic E-state index is 0.984. The summed E-state index contributed by atoms with van der Waals surface area (Å²) in [6, 6.07) is 56.7. The summed E-state index contributed by atoms with van der Waals surface area (Å²) in [4.78, 5) is 42.1. The first-order chi connectivity index (χ1) is 53.8. The number of rotatable bonds is 5. The van der Waals surface area contributed by atoms with Gasteiger partial charge in [0.1, 0.15) is 84.0 Å². The van der Waals surface area contributed by atoms with Gasteiger partial charge in [0.2, 0.25) is 39.5 Å². The molecule has 10 aromatic heterocycles. The van der Waals surface area contributed by atoms with Gasteiger partial charge in [-0.2, -0.15) is 18.3 Å². The first kappa shape index (κ1) is 96.6. The molecule has 0 saturated heterocycles. The molecule has 0 atom stereocenters. The largest absolute Gasteiger partial charge is 0.244 e. The maximum atomic E-state index is 4.43. The molecule has 15 rings (SSSR count). The van der Waals surface area contributed by atoms with E-state index in [9.17, 15) is 0 Å². The molecule has 0 aliphatic carbocycles. The second kappa shape index (κ2) is 55.0. The lowest BCUT2D eigenvalue weighted by Crippen LogP contribution is -2.32. The van der Waals surface area contributed by atoms with Crippen LogP contribution in [0.5, 0.6) is 0 Å². The quantitative estimate of drug-likeness (QED) is 0.152. The molecule has 5 aromatic carbocycles. The molecular formula is C95H130N15+5. The second-order valence-electron chi connectivity index (χ2n) is 22.0. The minimum Gasteiger partial charge on any atom is -0.244 e. The topological polar surface area (TPSA) is 148 Å². The molecule has 15 heteroatoms. The molecule has 0 radical (unpaired) electrons. The molecule has 0 bridgehead atoms. The normalized spacial score (nSPS) is 9.36. The van der Waals surface area contributed by atoms with Gasteiger partial charge in [-0.1, -0.05) is 217 Å². The van der Waals surface area contributed by atoms with Crippen LogP contribution in [0, 0.1) is 34.6 Å². The lowest BCUT2D eigenvalue weighted by Gasteiger charge is -2.05. The number of aromatic nitrogens is 15. The number of hydrogen-bond donors (Lipinski definition) is 0. The summed E-state index contributed by atoms with van der Waals surface area (Å²) in [6.07, 6.45) is 23.6. The van der Waals surface area contributed by atoms with Crippen LogP contribution in [0.3, 0.4) is 0 Å². The van der Waals surface area contributed by atoms with Crippen molar-refractivity contribution < 1.29 is 22.8 Å². The smallest absolute Gasteiger partial charge is 0.239 e. The number of fused-ring (bicyclic) bond motifs is 5. The highest BCUT2D eigenvalue weighted by molar-refractivity contribution is 5.92. The van der Waals surface area contributed by atoms with Crippen LogP contribution in [0.2, 0.25) is 0 Å². The fourth-order valence-electron chi connectivity index (χ4n) is 11.1. The van der Waals surface area contributed by atoms with E-state index < -0.39 is 0 Å². The Balaban J connectivity index is 0.000000649. The predicted molar refractivity (Wildman–Crippen MR) is 468 cm³/mol. The summed E-state index contributed by atoms with van der Waals surface area (Å²) in [5, 5.41) is 9.83. The van der Waals surface area contributed by atoms with E-state index in [4.69, 9.17) is 0 Å². The van der Waals surface area contributed by atoms with Gasteiger partial charge >= 0.3 is 0 Å². The molecule has 0 N–H and O–H groups in total. The molecule has 110 heavy (non-hydrogen) atoms. The lowest BCUT2D eigenvalue weighted by molar-refractivity contribution is -0.659. The Labute approximate surface area is 661 Å². The zero-order valence-electron chi connectivity index (χ0n) is 72.3. The average Bonchev–Trinajstić information content (AvgIpc) is 0.732. The van der Waals surface area contributed by atoms with Crippen LogP contribution in [0.1, 0.15) is 167 Å². The maximum absolute atomic E-state index is 4.43. The number of benzene rings is 5. The zero-order chi connectivity index (χ0) is 82.7. The van der Waals surface area contributed by atoms with E-state index in [1.54, 1.807) is 31.6 Å². The van der Waals surface area contributed by atoms with Gasteiger partial charge in [0.25, 0.3) is 0 Å². The molecule has 0 aliphatic heterocycles. The van der Waals surface area contributed by atoms with E-state index in [1.165, 1.54) is 54.1 Å². The monoisotopic (exact) mass is 1480 g/mol. The summed E-state index contributed by atoms with van der Waals surface area (Å²) < 4.78 is 10.7. The van der Waals surface area contributed by atoms with Gasteiger partial charge in [0.05, 0.1) is 27.9 Å². The highest BCUT2D eigenvalue weighted by Gasteiger charge is 2.21. The summed E-state index contributed by atoms with van der Waals surface area (Å²) >= 11 is 0. The van der Waals surface area contributed by atoms with Crippen LogP contribution in [0.4, 0.5) is 0 Å². The summed E-state index contributed by atoms with van der Waals surface area (Å²) in [5.74, 6) is 0. The predicted octanol–water partition coefficient (Wildman–Crippen LogP) is 22.4. The van der Waals surface area contributed by atoms with E-state index in [0.717, 1.165) is 84.8 Å². The minimum absolute atomic E-state index is 0.984. The Bertz CT molecular complexity index is 4710. The second-order valence-corrected chi connectivity index (χ2v) is 22.0. The molecule has 0 aliphatic rings. The van der Waals surface area contributed by atoms with Gasteiger partial charge in [-0.15, -0.1) is 0 Å². The number of hydrogen-bond acceptors (Lipinski definition) is 10. The SMILES string of the molecule is CC.CC.CC.CC.CC.CC.CC.CC.CC.CC.Cc1cncnc1-c1c2ccccc2cc[n+]1C.Cc1cncnc1-c1cc2ccccc2c[n+]1C.Cc1cncnc1-c1ccc2ccccc2[n+]1C.Cc1ncncc1-c1cc2ccccc2c[n+]1C.Cc1ncncc1-c1ccc2ccccc2[n+]1C. The van der Waals surface area contributed by atoms with Crippen molar-refractivity contribution in [2.24, 2.45) is 35.2 Å². The van der Waals surface area contributed by atoms with Crippen molar-refractivity contribution in [2.75, 3.05) is 0 Å². The van der Waals surface area contributed by atoms with E-state index in [0.29, 0.717) is 0 Å². The summed E-state index contributed by atoms with van der Waals surface area (Å²) in [6.45, 7) is 50.1. The summed E-state index contributed by atoms with van der Waals surface area (Å²) in [5.41, 5.74) is 18.4. The van der Waals surface area contributed by atoms with Crippen molar-refractivity contribution in [1.82, 2.24) is 49.8 Å². The van der Waals surface area contributed by atoms with Gasteiger partial charge in [-0.3, -0.25) is 0 Å². The highest BCUT2D eigenvalue weighted by atomic mass is 15.0. The van der Waals surface area contributed by atoms with Gasteiger partial charge in [0.15, 0.2) is 18.6 Å². The van der Waals surface area contributed by atoms with Gasteiger partial charge < -0.3 is 0 Å². The maximum Gasteiger partial charge on any atom is 0.239 e. The van der Waals surface area contributed by atoms with Crippen molar-refractivity contribution in [1.29, 1.82) is 0 Å². The molecule has 15 nitrogen and oxygen atoms in total. The molecule has 15 aromatic rings. The van der Waals surface area contributed by atoms with Crippen molar-refractivity contribution in [3.8, 4) is 56.7 Å². The van der Waals surface area contributed by atoms with Crippen molar-refractivity contribution in [3.05, 3.63) is 273 Å². The molecule has 10 heterocycles. The Morgan fingerprint density at radius 2 is 0.573 bits per heavy atom. The van der Waals surface area contributed by atoms with Gasteiger partial charge in [-0.25, -0.2) is 54.4 Å². The zero-order valence-corrected chi connectivity index (χ0v) is 72.3. The van der Waals surface area contributed by atoms with Crippen LogP contribution >= 0.6 is 0 Å². The molecule has 0 unspecified atom stereocenters. The van der Waals surface area contributed by atoms with Crippen LogP contribution in [0.15, 0.2) is 245 Å². The highest BCUT2D eigenvalue weighted by Crippen LogP contribution is 2.27. The number of para-hydroxylation sites is 2. The Hall–Kier alpha value is -11.5. The summed E-state index contributed by atoms with van der Waals surface area (Å²) in [7, 11) is 10.3. The third kappa shape index (κ3) is 26.7. The first-order valence-electron chi connectivity index (χ1n) is 39.6. The molecule has 0 saturated carbocycles. The van der Waals surface area contributed by atoms with Crippen LogP contribution in [-0.2, 0) is 35.2 Å². The molecule has 0 amide bonds. The molecular weight excluding hydrogens is 1350 g/mol. The van der Waals surface area contributed by atoms with E-state index >= 15 is 0 Å². The molecule has 0 fully saturated rings. The number of aryl methyl sites for hydroxylation is 10. The van der Waals surface area contributed by atoms with Crippen LogP contribution < -0.4 is 22.8 Å². The van der Waals surface area contributed by atoms with Crippen LogP contribution in [-0.4, -0.2) is 49.8 Å². The third-order valence-corrected chi connectivity index (χ3v) is 16.0. The van der Waals surface area contributed by atoms with Crippen molar-refractivity contribution in [2.45, 2.75) is 173 Å². The Morgan fingerprint density at radius 1 is 0.255 bits per heavy atom. The van der Waals surface area contributed by atoms with Gasteiger partial charge in [-0.05, 0) is 110 Å².